The second-order valence-corrected chi connectivity index (χ2v) is 6.79. The number of methoxy groups -OCH3 is 1. The third-order valence-electron chi connectivity index (χ3n) is 3.76. The summed E-state index contributed by atoms with van der Waals surface area (Å²) in [6.45, 7) is 4.93. The lowest BCUT2D eigenvalue weighted by molar-refractivity contribution is -0.120. The summed E-state index contributed by atoms with van der Waals surface area (Å²) in [5, 5.41) is 6.30. The number of carbonyl (C=O) groups is 1. The van der Waals surface area contributed by atoms with Crippen LogP contribution in [0.25, 0.3) is 0 Å². The van der Waals surface area contributed by atoms with Crippen molar-refractivity contribution in [3.8, 4) is 5.75 Å². The first-order valence-electron chi connectivity index (χ1n) is 7.48. The second kappa shape index (κ2) is 9.98. The lowest BCUT2D eigenvalue weighted by Crippen LogP contribution is -2.32. The molecule has 1 aliphatic rings. The summed E-state index contributed by atoms with van der Waals surface area (Å²) in [7, 11) is 1.65. The molecule has 0 bridgehead atoms. The molecule has 2 N–H and O–H groups in total. The third-order valence-corrected chi connectivity index (χ3v) is 4.87. The van der Waals surface area contributed by atoms with Gasteiger partial charge in [0.25, 0.3) is 0 Å². The fourth-order valence-corrected chi connectivity index (χ4v) is 3.31. The number of carbonyl (C=O) groups excluding carboxylic acids is 1. The van der Waals surface area contributed by atoms with E-state index in [1.165, 1.54) is 6.42 Å². The molecule has 0 spiro atoms. The number of hydrogen-bond acceptors (Lipinski definition) is 4. The summed E-state index contributed by atoms with van der Waals surface area (Å²) in [6, 6.07) is 7.80. The maximum atomic E-state index is 12.1. The van der Waals surface area contributed by atoms with Gasteiger partial charge in [0.15, 0.2) is 0 Å². The number of benzene rings is 1. The summed E-state index contributed by atoms with van der Waals surface area (Å²) in [6.07, 6.45) is 2.30. The molecule has 0 aromatic heterocycles. The Hall–Kier alpha value is -0.910. The summed E-state index contributed by atoms with van der Waals surface area (Å²) >= 11 is 1.57. The smallest absolute Gasteiger partial charge is 0.233 e. The van der Waals surface area contributed by atoms with E-state index in [4.69, 9.17) is 4.74 Å². The Morgan fingerprint density at radius 3 is 2.77 bits per heavy atom. The van der Waals surface area contributed by atoms with Gasteiger partial charge in [-0.3, -0.25) is 4.79 Å². The Bertz CT molecular complexity index is 450. The van der Waals surface area contributed by atoms with Gasteiger partial charge in [-0.25, -0.2) is 0 Å². The minimum Gasteiger partial charge on any atom is -0.497 e. The number of nitrogens with one attached hydrogen (secondary N) is 2. The molecule has 2 unspecified atom stereocenters. The zero-order valence-corrected chi connectivity index (χ0v) is 14.8. The topological polar surface area (TPSA) is 50.4 Å². The highest BCUT2D eigenvalue weighted by Gasteiger charge is 2.17. The van der Waals surface area contributed by atoms with E-state index in [1.54, 1.807) is 18.9 Å². The van der Waals surface area contributed by atoms with Gasteiger partial charge < -0.3 is 15.4 Å². The fraction of sp³-hybridized carbons (Fsp3) is 0.562. The Kier molecular flexibility index (Phi) is 8.68. The standard InChI is InChI=1S/C16H24N2O2S.ClH/c1-12(21-15-5-3-14(20-2)4-6-15)16(19)18-10-8-13-7-9-17-11-13;/h3-6,12-13,17H,7-11H2,1-2H3,(H,18,19);1H. The van der Waals surface area contributed by atoms with E-state index < -0.39 is 0 Å². The van der Waals surface area contributed by atoms with Gasteiger partial charge in [0.2, 0.25) is 5.91 Å². The summed E-state index contributed by atoms with van der Waals surface area (Å²) < 4.78 is 5.13. The zero-order valence-electron chi connectivity index (χ0n) is 13.1. The van der Waals surface area contributed by atoms with E-state index in [2.05, 4.69) is 10.6 Å². The van der Waals surface area contributed by atoms with Crippen LogP contribution in [0.1, 0.15) is 19.8 Å². The average molecular weight is 345 g/mol. The maximum Gasteiger partial charge on any atom is 0.233 e. The van der Waals surface area contributed by atoms with Crippen molar-refractivity contribution in [3.05, 3.63) is 24.3 Å². The monoisotopic (exact) mass is 344 g/mol. The molecule has 2 rings (SSSR count). The van der Waals surface area contributed by atoms with Crippen LogP contribution >= 0.6 is 24.2 Å². The lowest BCUT2D eigenvalue weighted by Gasteiger charge is -2.13. The van der Waals surface area contributed by atoms with E-state index >= 15 is 0 Å². The average Bonchev–Trinajstić information content (AvgIpc) is 3.01. The molecule has 6 heteroatoms. The maximum absolute atomic E-state index is 12.1. The van der Waals surface area contributed by atoms with Gasteiger partial charge in [-0.1, -0.05) is 0 Å². The molecule has 1 fully saturated rings. The molecule has 2 atom stereocenters. The molecule has 0 aliphatic carbocycles. The van der Waals surface area contributed by atoms with E-state index in [-0.39, 0.29) is 23.6 Å². The highest BCUT2D eigenvalue weighted by Crippen LogP contribution is 2.25. The van der Waals surface area contributed by atoms with Crippen LogP contribution in [0.5, 0.6) is 5.75 Å². The molecule has 1 aliphatic heterocycles. The van der Waals surface area contributed by atoms with Gasteiger partial charge in [-0.05, 0) is 63.0 Å². The van der Waals surface area contributed by atoms with Crippen LogP contribution in [0.15, 0.2) is 29.2 Å². The number of rotatable bonds is 7. The SMILES string of the molecule is COc1ccc(SC(C)C(=O)NCCC2CCNC2)cc1.Cl. The highest BCUT2D eigenvalue weighted by atomic mass is 35.5. The van der Waals surface area contributed by atoms with Crippen molar-refractivity contribution >= 4 is 30.1 Å². The minimum absolute atomic E-state index is 0. The van der Waals surface area contributed by atoms with Gasteiger partial charge in [0.1, 0.15) is 5.75 Å². The van der Waals surface area contributed by atoms with E-state index in [1.807, 2.05) is 31.2 Å². The lowest BCUT2D eigenvalue weighted by atomic mass is 10.1. The van der Waals surface area contributed by atoms with Crippen molar-refractivity contribution in [1.82, 2.24) is 10.6 Å². The summed E-state index contributed by atoms with van der Waals surface area (Å²) in [5.74, 6) is 1.67. The van der Waals surface area contributed by atoms with Crippen LogP contribution < -0.4 is 15.4 Å². The van der Waals surface area contributed by atoms with Gasteiger partial charge in [-0.15, -0.1) is 24.2 Å². The molecular formula is C16H25ClN2O2S. The van der Waals surface area contributed by atoms with E-state index in [0.717, 1.165) is 42.6 Å². The second-order valence-electron chi connectivity index (χ2n) is 5.37. The van der Waals surface area contributed by atoms with E-state index in [9.17, 15) is 4.79 Å². The Morgan fingerprint density at radius 1 is 1.45 bits per heavy atom. The quantitative estimate of drug-likeness (QED) is 0.747. The molecule has 1 amide bonds. The fourth-order valence-electron chi connectivity index (χ4n) is 2.42. The van der Waals surface area contributed by atoms with Crippen LogP contribution in [0.3, 0.4) is 0 Å². The molecule has 0 radical (unpaired) electrons. The number of amides is 1. The normalized spacial score (nSPS) is 18.4. The van der Waals surface area contributed by atoms with Crippen molar-refractivity contribution in [2.75, 3.05) is 26.7 Å². The molecular weight excluding hydrogens is 320 g/mol. The van der Waals surface area contributed by atoms with Crippen molar-refractivity contribution in [1.29, 1.82) is 0 Å². The number of ether oxygens (including phenoxy) is 1. The first-order chi connectivity index (χ1) is 10.2. The highest BCUT2D eigenvalue weighted by molar-refractivity contribution is 8.00. The Labute approximate surface area is 143 Å². The summed E-state index contributed by atoms with van der Waals surface area (Å²) in [5.41, 5.74) is 0. The Balaban J connectivity index is 0.00000242. The molecule has 0 saturated carbocycles. The molecule has 1 aromatic rings. The first-order valence-corrected chi connectivity index (χ1v) is 8.36. The van der Waals surface area contributed by atoms with Crippen molar-refractivity contribution < 1.29 is 9.53 Å². The number of halogens is 1. The molecule has 22 heavy (non-hydrogen) atoms. The van der Waals surface area contributed by atoms with Gasteiger partial charge in [0.05, 0.1) is 12.4 Å². The van der Waals surface area contributed by atoms with Gasteiger partial charge in [0, 0.05) is 11.4 Å². The van der Waals surface area contributed by atoms with Crippen molar-refractivity contribution in [2.45, 2.75) is 29.9 Å². The molecule has 4 nitrogen and oxygen atoms in total. The number of hydrogen-bond donors (Lipinski definition) is 2. The van der Waals surface area contributed by atoms with E-state index in [0.29, 0.717) is 0 Å². The Morgan fingerprint density at radius 2 is 2.18 bits per heavy atom. The first kappa shape index (κ1) is 19.1. The van der Waals surface area contributed by atoms with Crippen LogP contribution in [-0.2, 0) is 4.79 Å². The van der Waals surface area contributed by atoms with Crippen LogP contribution in [-0.4, -0.2) is 37.9 Å². The molecule has 1 saturated heterocycles. The largest absolute Gasteiger partial charge is 0.497 e. The van der Waals surface area contributed by atoms with Gasteiger partial charge in [-0.2, -0.15) is 0 Å². The van der Waals surface area contributed by atoms with Crippen molar-refractivity contribution in [3.63, 3.8) is 0 Å². The predicted octanol–water partition coefficient (Wildman–Crippen LogP) is 2.71. The van der Waals surface area contributed by atoms with Crippen LogP contribution in [0.2, 0.25) is 0 Å². The molecule has 1 heterocycles. The zero-order chi connectivity index (χ0) is 15.1. The molecule has 1 aromatic carbocycles. The summed E-state index contributed by atoms with van der Waals surface area (Å²) in [4.78, 5) is 13.2. The van der Waals surface area contributed by atoms with Crippen molar-refractivity contribution in [2.24, 2.45) is 5.92 Å². The van der Waals surface area contributed by atoms with Crippen LogP contribution in [0, 0.1) is 5.92 Å². The van der Waals surface area contributed by atoms with Crippen LogP contribution in [0.4, 0.5) is 0 Å². The minimum atomic E-state index is -0.0832. The molecule has 124 valence electrons. The number of thioether (sulfide) groups is 1. The third kappa shape index (κ3) is 6.07. The van der Waals surface area contributed by atoms with Gasteiger partial charge >= 0.3 is 0 Å². The predicted molar refractivity (Wildman–Crippen MR) is 94.2 cm³/mol.